The smallest absolute Gasteiger partial charge is 0.407 e. The van der Waals surface area contributed by atoms with E-state index in [1.165, 1.54) is 4.90 Å². The number of piperidine rings is 1. The summed E-state index contributed by atoms with van der Waals surface area (Å²) < 4.78 is 3.22. The van der Waals surface area contributed by atoms with Crippen LogP contribution < -0.4 is 5.69 Å². The Morgan fingerprint density at radius 2 is 2.12 bits per heavy atom. The fourth-order valence-electron chi connectivity index (χ4n) is 5.08. The number of nitrogens with zero attached hydrogens (tertiary/aromatic N) is 7. The van der Waals surface area contributed by atoms with E-state index in [1.807, 2.05) is 20.8 Å². The van der Waals surface area contributed by atoms with Gasteiger partial charge in [-0.1, -0.05) is 20.8 Å². The van der Waals surface area contributed by atoms with Crippen molar-refractivity contribution in [1.82, 2.24) is 34.0 Å². The van der Waals surface area contributed by atoms with Crippen LogP contribution >= 0.6 is 0 Å². The van der Waals surface area contributed by atoms with Gasteiger partial charge >= 0.3 is 11.8 Å². The molecule has 1 amide bonds. The van der Waals surface area contributed by atoms with Crippen molar-refractivity contribution in [2.75, 3.05) is 6.54 Å². The van der Waals surface area contributed by atoms with Gasteiger partial charge in [-0.3, -0.25) is 4.57 Å². The number of nitriles is 1. The van der Waals surface area contributed by atoms with E-state index in [4.69, 9.17) is 4.98 Å². The average Bonchev–Trinajstić information content (AvgIpc) is 3.36. The summed E-state index contributed by atoms with van der Waals surface area (Å²) in [6, 6.07) is 4.70. The number of nitrogens with one attached hydrogen (secondary N) is 1. The predicted octanol–water partition coefficient (Wildman–Crippen LogP) is 3.04. The van der Waals surface area contributed by atoms with E-state index < -0.39 is 17.6 Å². The van der Waals surface area contributed by atoms with E-state index in [2.05, 4.69) is 21.1 Å². The third-order valence-electron chi connectivity index (χ3n) is 6.41. The van der Waals surface area contributed by atoms with Gasteiger partial charge in [0.2, 0.25) is 0 Å². The molecule has 0 spiro atoms. The lowest BCUT2D eigenvalue weighted by Gasteiger charge is -2.46. The number of hydrogen-bond acceptors (Lipinski definition) is 6. The van der Waals surface area contributed by atoms with Crippen LogP contribution in [0.4, 0.5) is 4.79 Å². The minimum absolute atomic E-state index is 0.348. The van der Waals surface area contributed by atoms with Crippen LogP contribution in [0.5, 0.6) is 0 Å². The lowest BCUT2D eigenvalue weighted by Crippen LogP contribution is -2.55. The number of aromatic nitrogens is 6. The molecule has 4 aromatic rings. The normalized spacial score (nSPS) is 18.9. The highest BCUT2D eigenvalue weighted by Crippen LogP contribution is 2.39. The van der Waals surface area contributed by atoms with Crippen LogP contribution in [-0.2, 0) is 0 Å². The first-order valence-corrected chi connectivity index (χ1v) is 11.0. The minimum atomic E-state index is -0.993. The first kappa shape index (κ1) is 21.6. The van der Waals surface area contributed by atoms with Gasteiger partial charge < -0.3 is 15.0 Å². The van der Waals surface area contributed by atoms with Crippen molar-refractivity contribution >= 4 is 22.8 Å². The molecule has 0 aromatic carbocycles. The second-order valence-corrected chi connectivity index (χ2v) is 9.64. The van der Waals surface area contributed by atoms with Crippen molar-refractivity contribution in [1.29, 1.82) is 5.26 Å². The highest BCUT2D eigenvalue weighted by Gasteiger charge is 2.43. The molecule has 1 aliphatic heterocycles. The number of pyridine rings is 1. The van der Waals surface area contributed by atoms with Crippen LogP contribution in [0.15, 0.2) is 35.5 Å². The van der Waals surface area contributed by atoms with Crippen LogP contribution in [0.3, 0.4) is 0 Å². The number of imidazole rings is 1. The molecular weight excluding hydrogens is 436 g/mol. The first-order chi connectivity index (χ1) is 16.2. The van der Waals surface area contributed by atoms with Crippen molar-refractivity contribution in [3.63, 3.8) is 0 Å². The molecule has 0 bridgehead atoms. The number of carbonyl (C=O) groups is 1. The molecule has 1 fully saturated rings. The van der Waals surface area contributed by atoms with Gasteiger partial charge in [0.25, 0.3) is 0 Å². The van der Waals surface area contributed by atoms with Gasteiger partial charge in [-0.25, -0.2) is 24.1 Å². The van der Waals surface area contributed by atoms with E-state index in [0.29, 0.717) is 53.0 Å². The number of H-pyrrole nitrogens is 1. The Morgan fingerprint density at radius 3 is 2.82 bits per heavy atom. The topological polar surface area (TPSA) is 145 Å². The van der Waals surface area contributed by atoms with E-state index in [0.717, 1.165) is 0 Å². The number of fused-ring (bicyclic) bond motifs is 2. The lowest BCUT2D eigenvalue weighted by atomic mass is 9.77. The maximum Gasteiger partial charge on any atom is 0.407 e. The highest BCUT2D eigenvalue weighted by molar-refractivity contribution is 5.80. The molecule has 174 valence electrons. The van der Waals surface area contributed by atoms with Gasteiger partial charge in [-0.2, -0.15) is 10.4 Å². The lowest BCUT2D eigenvalue weighted by molar-refractivity contribution is 0.0274. The van der Waals surface area contributed by atoms with E-state index in [9.17, 15) is 20.0 Å². The van der Waals surface area contributed by atoms with E-state index >= 15 is 0 Å². The van der Waals surface area contributed by atoms with Crippen molar-refractivity contribution in [3.8, 4) is 17.5 Å². The van der Waals surface area contributed by atoms with Crippen LogP contribution in [0.1, 0.15) is 45.2 Å². The molecule has 5 rings (SSSR count). The Kier molecular flexibility index (Phi) is 4.89. The van der Waals surface area contributed by atoms with Crippen LogP contribution in [-0.4, -0.2) is 57.8 Å². The molecule has 0 aliphatic carbocycles. The average molecular weight is 460 g/mol. The molecule has 11 heteroatoms. The molecule has 1 aliphatic rings. The minimum Gasteiger partial charge on any atom is -0.465 e. The Labute approximate surface area is 194 Å². The van der Waals surface area contributed by atoms with Gasteiger partial charge in [0.05, 0.1) is 47.2 Å². The largest absolute Gasteiger partial charge is 0.465 e. The van der Waals surface area contributed by atoms with E-state index in [1.54, 1.807) is 39.8 Å². The molecule has 4 aromatic heterocycles. The van der Waals surface area contributed by atoms with Crippen molar-refractivity contribution < 1.29 is 9.90 Å². The van der Waals surface area contributed by atoms with Gasteiger partial charge in [-0.05, 0) is 30.4 Å². The van der Waals surface area contributed by atoms with Gasteiger partial charge in [0.1, 0.15) is 5.52 Å². The number of likely N-dealkylation sites (tertiary alicyclic amines) is 1. The maximum atomic E-state index is 13.1. The standard InChI is InChI=1S/C23H24N8O3/c1-23(2,3)18-16(5-4-7-29(18)22(33)34)31-20-15(27-21(31)32)12-25-19(28-20)14-11-26-30-8-6-13(10-24)9-17(14)30/h6,8-9,11-12,16,18H,4-5,7H2,1-3H3,(H,27,32)(H,33,34)/t16?,18-/m0/s1. The summed E-state index contributed by atoms with van der Waals surface area (Å²) in [6.07, 6.45) is 5.17. The predicted molar refractivity (Wildman–Crippen MR) is 123 cm³/mol. The van der Waals surface area contributed by atoms with Crippen molar-refractivity contribution in [2.45, 2.75) is 45.7 Å². The van der Waals surface area contributed by atoms with Gasteiger partial charge in [-0.15, -0.1) is 0 Å². The van der Waals surface area contributed by atoms with Crippen molar-refractivity contribution in [2.24, 2.45) is 5.41 Å². The monoisotopic (exact) mass is 460 g/mol. The summed E-state index contributed by atoms with van der Waals surface area (Å²) >= 11 is 0. The molecule has 11 nitrogen and oxygen atoms in total. The van der Waals surface area contributed by atoms with Gasteiger partial charge in [0.15, 0.2) is 11.5 Å². The maximum absolute atomic E-state index is 13.1. The van der Waals surface area contributed by atoms with Crippen LogP contribution in [0, 0.1) is 16.7 Å². The second kappa shape index (κ2) is 7.69. The summed E-state index contributed by atoms with van der Waals surface area (Å²) in [5, 5.41) is 23.4. The quantitative estimate of drug-likeness (QED) is 0.467. The first-order valence-electron chi connectivity index (χ1n) is 11.0. The van der Waals surface area contributed by atoms with Crippen LogP contribution in [0.2, 0.25) is 0 Å². The summed E-state index contributed by atoms with van der Waals surface area (Å²) in [5.74, 6) is 0.364. The molecule has 0 saturated carbocycles. The second-order valence-electron chi connectivity index (χ2n) is 9.64. The van der Waals surface area contributed by atoms with Gasteiger partial charge in [0, 0.05) is 12.7 Å². The zero-order valence-corrected chi connectivity index (χ0v) is 19.1. The van der Waals surface area contributed by atoms with Crippen LogP contribution in [0.25, 0.3) is 28.1 Å². The zero-order chi connectivity index (χ0) is 24.2. The molecule has 5 heterocycles. The number of carboxylic acid groups (broad SMARTS) is 1. The summed E-state index contributed by atoms with van der Waals surface area (Å²) in [6.45, 7) is 6.38. The number of hydrogen-bond donors (Lipinski definition) is 2. The third kappa shape index (κ3) is 3.39. The van der Waals surface area contributed by atoms with E-state index in [-0.39, 0.29) is 11.7 Å². The molecular formula is C23H24N8O3. The zero-order valence-electron chi connectivity index (χ0n) is 19.1. The Hall–Kier alpha value is -4.20. The van der Waals surface area contributed by atoms with Crippen molar-refractivity contribution in [3.05, 3.63) is 46.8 Å². The fraction of sp³-hybridized carbons (Fsp3) is 0.391. The SMILES string of the molecule is CC(C)(C)[C@@H]1C(n2c(=O)[nH]c3cnc(-c4cnn5ccc(C#N)cc45)nc32)CCCN1C(=O)O. The number of amides is 1. The molecule has 1 unspecified atom stereocenters. The summed E-state index contributed by atoms with van der Waals surface area (Å²) in [4.78, 5) is 38.6. The third-order valence-corrected chi connectivity index (χ3v) is 6.41. The Bertz CT molecular complexity index is 1520. The highest BCUT2D eigenvalue weighted by atomic mass is 16.4. The molecule has 34 heavy (non-hydrogen) atoms. The molecule has 2 atom stereocenters. The molecule has 2 N–H and O–H groups in total. The Balaban J connectivity index is 1.69. The molecule has 0 radical (unpaired) electrons. The Morgan fingerprint density at radius 1 is 1.32 bits per heavy atom. The fourth-order valence-corrected chi connectivity index (χ4v) is 5.08. The number of rotatable bonds is 2. The summed E-state index contributed by atoms with van der Waals surface area (Å²) in [5.41, 5.74) is 1.92. The summed E-state index contributed by atoms with van der Waals surface area (Å²) in [7, 11) is 0. The number of aromatic amines is 1. The molecule has 1 saturated heterocycles.